The molecule has 2 aromatic carbocycles. The van der Waals surface area contributed by atoms with Gasteiger partial charge in [0.2, 0.25) is 17.7 Å². The predicted molar refractivity (Wildman–Crippen MR) is 238 cm³/mol. The van der Waals surface area contributed by atoms with E-state index < -0.39 is 53.1 Å². The van der Waals surface area contributed by atoms with Crippen molar-refractivity contribution in [3.63, 3.8) is 0 Å². The molecule has 0 radical (unpaired) electrons. The van der Waals surface area contributed by atoms with Gasteiger partial charge in [0.1, 0.15) is 12.1 Å². The lowest BCUT2D eigenvalue weighted by molar-refractivity contribution is -0.130. The molecule has 1 aliphatic heterocycles. The summed E-state index contributed by atoms with van der Waals surface area (Å²) in [5.41, 5.74) is 3.60. The Morgan fingerprint density at radius 1 is 0.758 bits per heavy atom. The fourth-order valence-electron chi connectivity index (χ4n) is 7.86. The first-order valence-corrected chi connectivity index (χ1v) is 21.1. The van der Waals surface area contributed by atoms with Crippen LogP contribution in [-0.4, -0.2) is 106 Å². The summed E-state index contributed by atoms with van der Waals surface area (Å²) in [5.74, 6) is -0.354. The number of aryl methyl sites for hydroxylation is 1. The van der Waals surface area contributed by atoms with Gasteiger partial charge in [0.15, 0.2) is 0 Å². The summed E-state index contributed by atoms with van der Waals surface area (Å²) in [5, 5.41) is 21.2. The van der Waals surface area contributed by atoms with Crippen LogP contribution in [0.25, 0.3) is 11.3 Å². The van der Waals surface area contributed by atoms with E-state index in [2.05, 4.69) is 25.9 Å². The van der Waals surface area contributed by atoms with Gasteiger partial charge in [0.25, 0.3) is 0 Å². The Labute approximate surface area is 365 Å². The second-order valence-corrected chi connectivity index (χ2v) is 18.2. The Balaban J connectivity index is 1.42. The number of ether oxygens (including phenoxy) is 2. The van der Waals surface area contributed by atoms with E-state index in [1.54, 1.807) is 23.0 Å². The van der Waals surface area contributed by atoms with Crippen LogP contribution in [-0.2, 0) is 33.7 Å². The van der Waals surface area contributed by atoms with E-state index in [4.69, 9.17) is 9.47 Å². The summed E-state index contributed by atoms with van der Waals surface area (Å²) >= 11 is 0. The van der Waals surface area contributed by atoms with Gasteiger partial charge in [-0.2, -0.15) is 0 Å². The van der Waals surface area contributed by atoms with Crippen molar-refractivity contribution in [3.05, 3.63) is 114 Å². The number of alkyl carbamates (subject to hydrolysis) is 1. The van der Waals surface area contributed by atoms with Crippen molar-refractivity contribution >= 4 is 23.9 Å². The molecule has 5 unspecified atom stereocenters. The molecule has 4 N–H and O–H groups in total. The summed E-state index contributed by atoms with van der Waals surface area (Å²) in [4.78, 5) is 67.6. The van der Waals surface area contributed by atoms with E-state index in [0.29, 0.717) is 31.9 Å². The average molecular weight is 850 g/mol. The highest BCUT2D eigenvalue weighted by atomic mass is 16.5. The number of aliphatic hydroxyl groups is 1. The predicted octanol–water partition coefficient (Wildman–Crippen LogP) is 6.09. The Morgan fingerprint density at radius 3 is 2.06 bits per heavy atom. The second-order valence-electron chi connectivity index (χ2n) is 18.2. The van der Waals surface area contributed by atoms with Crippen LogP contribution < -0.4 is 20.7 Å². The molecule has 62 heavy (non-hydrogen) atoms. The van der Waals surface area contributed by atoms with Gasteiger partial charge in [-0.25, -0.2) is 14.6 Å². The zero-order valence-electron chi connectivity index (χ0n) is 37.5. The number of aliphatic hydroxyl groups excluding tert-OH is 1. The number of carbonyl (C=O) groups excluding carboxylic acids is 4. The Hall–Kier alpha value is -6.02. The van der Waals surface area contributed by atoms with E-state index in [9.17, 15) is 24.3 Å². The molecule has 0 bridgehead atoms. The maximum absolute atomic E-state index is 14.6. The zero-order valence-corrected chi connectivity index (χ0v) is 37.5. The number of methoxy groups -OCH3 is 2. The van der Waals surface area contributed by atoms with Crippen molar-refractivity contribution in [1.82, 2.24) is 35.7 Å². The molecule has 3 heterocycles. The normalized spacial score (nSPS) is 15.5. The SMILES string of the molecule is COC(=O)NC(C(=O)NC(Cc1ccc(-c2cccc(OC)n2)cc1)C(O)CC(Cc1ccccc1)NC(=O)C(N1CCN(Cc2cccc(C)n2)C1=O)C(C)(C)C)C(C)(C)C. The molecule has 0 spiro atoms. The van der Waals surface area contributed by atoms with Crippen molar-refractivity contribution in [3.8, 4) is 17.1 Å². The number of pyridine rings is 2. The van der Waals surface area contributed by atoms with Crippen LogP contribution in [0.15, 0.2) is 91.0 Å². The van der Waals surface area contributed by atoms with E-state index >= 15 is 0 Å². The lowest BCUT2D eigenvalue weighted by Crippen LogP contribution is -2.59. The van der Waals surface area contributed by atoms with Crippen LogP contribution in [0, 0.1) is 17.8 Å². The minimum absolute atomic E-state index is 0.0535. The Bertz CT molecular complexity index is 2140. The van der Waals surface area contributed by atoms with Crippen molar-refractivity contribution in [2.24, 2.45) is 10.8 Å². The fourth-order valence-corrected chi connectivity index (χ4v) is 7.86. The highest BCUT2D eigenvalue weighted by molar-refractivity contribution is 5.89. The van der Waals surface area contributed by atoms with Gasteiger partial charge in [-0.05, 0) is 66.3 Å². The van der Waals surface area contributed by atoms with Gasteiger partial charge in [0.05, 0.1) is 44.3 Å². The summed E-state index contributed by atoms with van der Waals surface area (Å²) in [7, 11) is 2.79. The molecule has 5 amide bonds. The molecule has 332 valence electrons. The number of hydrogen-bond donors (Lipinski definition) is 4. The van der Waals surface area contributed by atoms with Gasteiger partial charge < -0.3 is 40.3 Å². The standard InChI is InChI=1S/C48H63N7O7/c1-31-15-13-18-35(49-31)30-54-25-26-55(46(54)60)42(48(5,6)7)44(58)50-36(27-32-16-11-10-12-17-32)29-39(56)38(52-43(57)41(47(2,3)4)53-45(59)62-9)28-33-21-23-34(24-22-33)37-19-14-20-40(51-37)61-8/h10-24,36,38-39,41-42,56H,25-30H2,1-9H3,(H,50,58)(H,52,57)(H,53,59). The molecular weight excluding hydrogens is 787 g/mol. The minimum Gasteiger partial charge on any atom is -0.481 e. The van der Waals surface area contributed by atoms with Crippen LogP contribution >= 0.6 is 0 Å². The summed E-state index contributed by atoms with van der Waals surface area (Å²) in [6.07, 6.45) is -1.29. The topological polar surface area (TPSA) is 175 Å². The number of urea groups is 1. The van der Waals surface area contributed by atoms with Crippen molar-refractivity contribution < 1.29 is 33.8 Å². The van der Waals surface area contributed by atoms with Crippen LogP contribution in [0.1, 0.15) is 70.5 Å². The Morgan fingerprint density at radius 2 is 1.44 bits per heavy atom. The van der Waals surface area contributed by atoms with Gasteiger partial charge in [-0.1, -0.05) is 108 Å². The highest BCUT2D eigenvalue weighted by Gasteiger charge is 2.44. The number of aromatic nitrogens is 2. The number of amides is 5. The molecule has 1 aliphatic rings. The van der Waals surface area contributed by atoms with Crippen molar-refractivity contribution in [2.75, 3.05) is 27.3 Å². The molecule has 14 nitrogen and oxygen atoms in total. The lowest BCUT2D eigenvalue weighted by atomic mass is 9.84. The fraction of sp³-hybridized carbons (Fsp3) is 0.458. The molecule has 14 heteroatoms. The highest BCUT2D eigenvalue weighted by Crippen LogP contribution is 2.30. The molecule has 4 aromatic rings. The van der Waals surface area contributed by atoms with Crippen LogP contribution in [0.2, 0.25) is 0 Å². The largest absolute Gasteiger partial charge is 0.481 e. The summed E-state index contributed by atoms with van der Waals surface area (Å²) in [6.45, 7) is 14.3. The van der Waals surface area contributed by atoms with Crippen molar-refractivity contribution in [2.45, 2.75) is 105 Å². The lowest BCUT2D eigenvalue weighted by Gasteiger charge is -2.38. The molecule has 5 atom stereocenters. The maximum Gasteiger partial charge on any atom is 0.407 e. The van der Waals surface area contributed by atoms with Gasteiger partial charge in [-0.3, -0.25) is 14.6 Å². The third-order valence-corrected chi connectivity index (χ3v) is 11.0. The first kappa shape index (κ1) is 47.0. The van der Waals surface area contributed by atoms with E-state index in [-0.39, 0.29) is 24.8 Å². The van der Waals surface area contributed by atoms with Gasteiger partial charge >= 0.3 is 12.1 Å². The number of nitrogens with one attached hydrogen (secondary N) is 3. The molecular formula is C48H63N7O7. The quantitative estimate of drug-likeness (QED) is 0.0981. The minimum atomic E-state index is -1.18. The Kier molecular flexibility index (Phi) is 15.7. The number of hydrogen-bond acceptors (Lipinski definition) is 9. The monoisotopic (exact) mass is 849 g/mol. The average Bonchev–Trinajstić information content (AvgIpc) is 3.56. The van der Waals surface area contributed by atoms with Crippen LogP contribution in [0.5, 0.6) is 5.88 Å². The number of benzene rings is 2. The molecule has 2 aromatic heterocycles. The van der Waals surface area contributed by atoms with Crippen LogP contribution in [0.3, 0.4) is 0 Å². The molecule has 1 saturated heterocycles. The molecule has 5 rings (SSSR count). The van der Waals surface area contributed by atoms with Gasteiger partial charge in [0, 0.05) is 36.5 Å². The molecule has 0 saturated carbocycles. The smallest absolute Gasteiger partial charge is 0.407 e. The van der Waals surface area contributed by atoms with Crippen molar-refractivity contribution in [1.29, 1.82) is 0 Å². The third kappa shape index (κ3) is 12.8. The number of rotatable bonds is 17. The van der Waals surface area contributed by atoms with E-state index in [0.717, 1.165) is 33.8 Å². The van der Waals surface area contributed by atoms with E-state index in [1.807, 2.05) is 133 Å². The third-order valence-electron chi connectivity index (χ3n) is 11.0. The van der Waals surface area contributed by atoms with Crippen LogP contribution in [0.4, 0.5) is 9.59 Å². The zero-order chi connectivity index (χ0) is 45.2. The first-order chi connectivity index (χ1) is 29.4. The maximum atomic E-state index is 14.6. The van der Waals surface area contributed by atoms with Gasteiger partial charge in [-0.15, -0.1) is 0 Å². The second kappa shape index (κ2) is 20.7. The number of carbonyl (C=O) groups is 4. The van der Waals surface area contributed by atoms with E-state index in [1.165, 1.54) is 7.11 Å². The number of nitrogens with zero attached hydrogens (tertiary/aromatic N) is 4. The first-order valence-electron chi connectivity index (χ1n) is 21.1. The molecule has 0 aliphatic carbocycles. The summed E-state index contributed by atoms with van der Waals surface area (Å²) in [6, 6.07) is 25.0. The summed E-state index contributed by atoms with van der Waals surface area (Å²) < 4.78 is 10.2. The molecule has 1 fully saturated rings.